The minimum atomic E-state index is -0.708. The summed E-state index contributed by atoms with van der Waals surface area (Å²) < 4.78 is 4.76. The Balaban J connectivity index is 1.03. The zero-order valence-corrected chi connectivity index (χ0v) is 32.8. The SMILES string of the molecule is N#Cc1ccc2c(c1)C1(c3ccccc3-c3ccc(-n4c5ccccc5c5cc(-c6ccc7c(c6)c6ccccc6n7-c6ccccc6)ccc54)cc31)c1cc(C#N)ccc1-2. The van der Waals surface area contributed by atoms with Crippen LogP contribution in [-0.4, -0.2) is 9.13 Å². The van der Waals surface area contributed by atoms with Crippen molar-refractivity contribution in [2.75, 3.05) is 0 Å². The molecule has 0 bridgehead atoms. The zero-order valence-electron chi connectivity index (χ0n) is 32.8. The summed E-state index contributed by atoms with van der Waals surface area (Å²) in [6.07, 6.45) is 0. The number of nitrogens with zero attached hydrogens (tertiary/aromatic N) is 4. The number of para-hydroxylation sites is 3. The van der Waals surface area contributed by atoms with E-state index in [2.05, 4.69) is 203 Å². The Bertz CT molecular complexity index is 3730. The van der Waals surface area contributed by atoms with Crippen LogP contribution < -0.4 is 0 Å². The first-order valence-electron chi connectivity index (χ1n) is 20.6. The van der Waals surface area contributed by atoms with Crippen LogP contribution >= 0.6 is 0 Å². The van der Waals surface area contributed by atoms with Crippen molar-refractivity contribution in [1.29, 1.82) is 10.5 Å². The van der Waals surface area contributed by atoms with Crippen LogP contribution in [0.15, 0.2) is 194 Å². The lowest BCUT2D eigenvalue weighted by molar-refractivity contribution is 0.791. The summed E-state index contributed by atoms with van der Waals surface area (Å²) in [6, 6.07) is 74.2. The van der Waals surface area contributed by atoms with Gasteiger partial charge in [0.2, 0.25) is 0 Å². The Hall–Kier alpha value is -8.44. The molecule has 0 saturated heterocycles. The second kappa shape index (κ2) is 12.3. The minimum absolute atomic E-state index is 0.618. The number of aromatic nitrogens is 2. The summed E-state index contributed by atoms with van der Waals surface area (Å²) >= 11 is 0. The van der Waals surface area contributed by atoms with Crippen molar-refractivity contribution in [2.45, 2.75) is 5.41 Å². The number of benzene rings is 9. The van der Waals surface area contributed by atoms with E-state index in [0.29, 0.717) is 11.1 Å². The van der Waals surface area contributed by atoms with Crippen LogP contribution in [0.4, 0.5) is 0 Å². The van der Waals surface area contributed by atoms with Crippen LogP contribution in [0.3, 0.4) is 0 Å². The maximum absolute atomic E-state index is 10.2. The lowest BCUT2D eigenvalue weighted by Crippen LogP contribution is -2.26. The van der Waals surface area contributed by atoms with Gasteiger partial charge in [-0.15, -0.1) is 0 Å². The number of rotatable bonds is 3. The zero-order chi connectivity index (χ0) is 40.4. The highest BCUT2D eigenvalue weighted by Crippen LogP contribution is 2.63. The summed E-state index contributed by atoms with van der Waals surface area (Å²) in [5.74, 6) is 0. The third kappa shape index (κ3) is 4.40. The minimum Gasteiger partial charge on any atom is -0.309 e. The van der Waals surface area contributed by atoms with E-state index in [0.717, 1.165) is 61.4 Å². The monoisotopic (exact) mass is 772 g/mol. The normalized spacial score (nSPS) is 13.0. The second-order valence-corrected chi connectivity index (χ2v) is 16.3. The number of hydrogen-bond acceptors (Lipinski definition) is 2. The van der Waals surface area contributed by atoms with Crippen molar-refractivity contribution in [1.82, 2.24) is 9.13 Å². The molecule has 2 aliphatic carbocycles. The van der Waals surface area contributed by atoms with Crippen LogP contribution in [-0.2, 0) is 5.41 Å². The molecule has 2 heterocycles. The molecule has 280 valence electrons. The van der Waals surface area contributed by atoms with E-state index in [9.17, 15) is 10.5 Å². The molecule has 0 N–H and O–H groups in total. The van der Waals surface area contributed by atoms with E-state index in [1.165, 1.54) is 49.3 Å². The van der Waals surface area contributed by atoms with Gasteiger partial charge in [0.25, 0.3) is 0 Å². The van der Waals surface area contributed by atoms with Crippen LogP contribution in [0.2, 0.25) is 0 Å². The maximum atomic E-state index is 10.2. The van der Waals surface area contributed by atoms with Crippen LogP contribution in [0.1, 0.15) is 33.4 Å². The molecule has 11 aromatic rings. The first-order chi connectivity index (χ1) is 30.1. The Labute approximate surface area is 351 Å². The first-order valence-corrected chi connectivity index (χ1v) is 20.6. The fraction of sp³-hybridized carbons (Fsp3) is 0.0175. The highest BCUT2D eigenvalue weighted by Gasteiger charge is 2.52. The number of hydrogen-bond donors (Lipinski definition) is 0. The third-order valence-corrected chi connectivity index (χ3v) is 13.4. The lowest BCUT2D eigenvalue weighted by Gasteiger charge is -2.31. The summed E-state index contributed by atoms with van der Waals surface area (Å²) in [5, 5.41) is 25.2. The summed E-state index contributed by atoms with van der Waals surface area (Å²) in [7, 11) is 0. The predicted octanol–water partition coefficient (Wildman–Crippen LogP) is 13.6. The van der Waals surface area contributed by atoms with Crippen molar-refractivity contribution >= 4 is 43.6 Å². The molecule has 9 aromatic carbocycles. The lowest BCUT2D eigenvalue weighted by atomic mass is 9.70. The van der Waals surface area contributed by atoms with Gasteiger partial charge in [0, 0.05) is 32.9 Å². The van der Waals surface area contributed by atoms with Gasteiger partial charge < -0.3 is 9.13 Å². The van der Waals surface area contributed by atoms with Gasteiger partial charge in [-0.1, -0.05) is 109 Å². The molecule has 4 nitrogen and oxygen atoms in total. The molecule has 0 fully saturated rings. The summed E-state index contributed by atoms with van der Waals surface area (Å²) in [4.78, 5) is 0. The molecular formula is C57H32N4. The molecule has 0 saturated carbocycles. The van der Waals surface area contributed by atoms with Gasteiger partial charge >= 0.3 is 0 Å². The predicted molar refractivity (Wildman–Crippen MR) is 246 cm³/mol. The van der Waals surface area contributed by atoms with E-state index >= 15 is 0 Å². The van der Waals surface area contributed by atoms with Crippen molar-refractivity contribution < 1.29 is 0 Å². The highest BCUT2D eigenvalue weighted by atomic mass is 15.0. The van der Waals surface area contributed by atoms with Gasteiger partial charge in [0.15, 0.2) is 0 Å². The van der Waals surface area contributed by atoms with Gasteiger partial charge in [0.05, 0.1) is 50.7 Å². The molecule has 61 heavy (non-hydrogen) atoms. The van der Waals surface area contributed by atoms with Crippen molar-refractivity contribution in [3.63, 3.8) is 0 Å². The first kappa shape index (κ1) is 33.5. The summed E-state index contributed by atoms with van der Waals surface area (Å²) in [6.45, 7) is 0. The van der Waals surface area contributed by atoms with E-state index < -0.39 is 5.41 Å². The largest absolute Gasteiger partial charge is 0.309 e. The molecule has 2 aromatic heterocycles. The molecular weight excluding hydrogens is 741 g/mol. The van der Waals surface area contributed by atoms with Crippen molar-refractivity contribution in [2.24, 2.45) is 0 Å². The van der Waals surface area contributed by atoms with Gasteiger partial charge in [-0.05, 0) is 141 Å². The van der Waals surface area contributed by atoms with Gasteiger partial charge in [-0.2, -0.15) is 10.5 Å². The average Bonchev–Trinajstić information content (AvgIpc) is 4.02. The van der Waals surface area contributed by atoms with Crippen LogP contribution in [0.25, 0.3) is 88.4 Å². The highest BCUT2D eigenvalue weighted by molar-refractivity contribution is 6.13. The molecule has 13 rings (SSSR count). The molecule has 1 spiro atoms. The van der Waals surface area contributed by atoms with Crippen molar-refractivity contribution in [3.05, 3.63) is 228 Å². The maximum Gasteiger partial charge on any atom is 0.0991 e. The van der Waals surface area contributed by atoms with Crippen LogP contribution in [0.5, 0.6) is 0 Å². The number of fused-ring (bicyclic) bond motifs is 16. The topological polar surface area (TPSA) is 57.4 Å². The fourth-order valence-corrected chi connectivity index (χ4v) is 10.9. The molecule has 0 unspecified atom stereocenters. The molecule has 2 aliphatic rings. The Kier molecular flexibility index (Phi) is 6.75. The summed E-state index contributed by atoms with van der Waals surface area (Å²) in [5.41, 5.74) is 18.7. The number of nitriles is 2. The average molecular weight is 773 g/mol. The van der Waals surface area contributed by atoms with Gasteiger partial charge in [-0.3, -0.25) is 0 Å². The van der Waals surface area contributed by atoms with Gasteiger partial charge in [0.1, 0.15) is 0 Å². The third-order valence-electron chi connectivity index (χ3n) is 13.4. The van der Waals surface area contributed by atoms with Crippen LogP contribution in [0, 0.1) is 22.7 Å². The van der Waals surface area contributed by atoms with E-state index in [1.54, 1.807) is 0 Å². The quantitative estimate of drug-likeness (QED) is 0.180. The fourth-order valence-electron chi connectivity index (χ4n) is 10.9. The van der Waals surface area contributed by atoms with E-state index in [-0.39, 0.29) is 0 Å². The van der Waals surface area contributed by atoms with E-state index in [1.807, 2.05) is 12.1 Å². The molecule has 0 amide bonds. The standard InChI is InChI=1S/C57H32N4/c58-33-35-18-23-42-43-24-19-36(34-59)29-51(43)57(50(42)28-35)49-15-7-4-12-41(49)44-25-22-40(32-52(44)57)61-54-17-9-6-14-46(54)48-31-38(21-27-56(48)61)37-20-26-55-47(30-37)45-13-5-8-16-53(45)60(55)39-10-2-1-3-11-39/h1-32H. The molecule has 4 heteroatoms. The molecule has 0 atom stereocenters. The smallest absolute Gasteiger partial charge is 0.0991 e. The Morgan fingerprint density at radius 1 is 0.328 bits per heavy atom. The van der Waals surface area contributed by atoms with Crippen molar-refractivity contribution in [3.8, 4) is 56.9 Å². The van der Waals surface area contributed by atoms with Gasteiger partial charge in [-0.25, -0.2) is 0 Å². The Morgan fingerprint density at radius 2 is 0.787 bits per heavy atom. The van der Waals surface area contributed by atoms with E-state index in [4.69, 9.17) is 0 Å². The second-order valence-electron chi connectivity index (χ2n) is 16.3. The molecule has 0 radical (unpaired) electrons. The molecule has 0 aliphatic heterocycles. The Morgan fingerprint density at radius 3 is 1.38 bits per heavy atom.